The van der Waals surface area contributed by atoms with Crippen LogP contribution in [-0.2, 0) is 0 Å². The van der Waals surface area contributed by atoms with Crippen molar-refractivity contribution in [1.29, 1.82) is 0 Å². The van der Waals surface area contributed by atoms with Gasteiger partial charge in [0, 0.05) is 11.1 Å². The van der Waals surface area contributed by atoms with Crippen molar-refractivity contribution in [3.8, 4) is 11.5 Å². The number of nitrogens with one attached hydrogen (secondary N) is 1. The van der Waals surface area contributed by atoms with Crippen molar-refractivity contribution < 1.29 is 14.3 Å². The minimum atomic E-state index is -0.282. The van der Waals surface area contributed by atoms with Crippen LogP contribution in [0.1, 0.15) is 38.1 Å². The zero-order valence-electron chi connectivity index (χ0n) is 12.0. The molecule has 0 aliphatic heterocycles. The number of hydrogen-bond acceptors (Lipinski definition) is 3. The SMILES string of the molecule is CCOc1c(Br)cc(C(=O)NC(C)(C)C)cc1OC. The molecule has 0 aliphatic carbocycles. The molecule has 1 N–H and O–H groups in total. The van der Waals surface area contributed by atoms with Gasteiger partial charge in [-0.25, -0.2) is 0 Å². The number of methoxy groups -OCH3 is 1. The molecule has 1 aromatic carbocycles. The Morgan fingerprint density at radius 3 is 2.47 bits per heavy atom. The fourth-order valence-electron chi connectivity index (χ4n) is 1.55. The zero-order chi connectivity index (χ0) is 14.6. The molecule has 1 rings (SSSR count). The Morgan fingerprint density at radius 1 is 1.37 bits per heavy atom. The first-order valence-electron chi connectivity index (χ1n) is 6.11. The van der Waals surface area contributed by atoms with Crippen molar-refractivity contribution in [3.05, 3.63) is 22.2 Å². The quantitative estimate of drug-likeness (QED) is 0.921. The molecule has 1 aromatic rings. The fourth-order valence-corrected chi connectivity index (χ4v) is 2.10. The van der Waals surface area contributed by atoms with E-state index in [1.807, 2.05) is 27.7 Å². The molecule has 0 aliphatic rings. The zero-order valence-corrected chi connectivity index (χ0v) is 13.6. The lowest BCUT2D eigenvalue weighted by Crippen LogP contribution is -2.40. The lowest BCUT2D eigenvalue weighted by atomic mass is 10.1. The first-order valence-corrected chi connectivity index (χ1v) is 6.90. The number of amides is 1. The van der Waals surface area contributed by atoms with E-state index in [9.17, 15) is 4.79 Å². The van der Waals surface area contributed by atoms with Crippen LogP contribution < -0.4 is 14.8 Å². The van der Waals surface area contributed by atoms with E-state index in [2.05, 4.69) is 21.2 Å². The monoisotopic (exact) mass is 329 g/mol. The lowest BCUT2D eigenvalue weighted by Gasteiger charge is -2.21. The summed E-state index contributed by atoms with van der Waals surface area (Å²) in [5.74, 6) is 1.00. The number of carbonyl (C=O) groups excluding carboxylic acids is 1. The largest absolute Gasteiger partial charge is 0.493 e. The molecule has 0 spiro atoms. The summed E-state index contributed by atoms with van der Waals surface area (Å²) in [6.45, 7) is 8.23. The number of carbonyl (C=O) groups is 1. The number of ether oxygens (including phenoxy) is 2. The topological polar surface area (TPSA) is 47.6 Å². The van der Waals surface area contributed by atoms with Gasteiger partial charge in [0.05, 0.1) is 18.2 Å². The van der Waals surface area contributed by atoms with Gasteiger partial charge in [-0.05, 0) is 55.8 Å². The van der Waals surface area contributed by atoms with Crippen LogP contribution in [0.5, 0.6) is 11.5 Å². The first kappa shape index (κ1) is 15.8. The van der Waals surface area contributed by atoms with Crippen molar-refractivity contribution in [2.24, 2.45) is 0 Å². The van der Waals surface area contributed by atoms with Crippen LogP contribution in [0.2, 0.25) is 0 Å². The summed E-state index contributed by atoms with van der Waals surface area (Å²) in [6, 6.07) is 3.41. The highest BCUT2D eigenvalue weighted by molar-refractivity contribution is 9.10. The van der Waals surface area contributed by atoms with Crippen LogP contribution in [0.25, 0.3) is 0 Å². The summed E-state index contributed by atoms with van der Waals surface area (Å²) < 4.78 is 11.5. The number of halogens is 1. The Morgan fingerprint density at radius 2 is 2.00 bits per heavy atom. The minimum absolute atomic E-state index is 0.144. The molecule has 0 saturated carbocycles. The van der Waals surface area contributed by atoms with Crippen molar-refractivity contribution in [2.75, 3.05) is 13.7 Å². The normalized spacial score (nSPS) is 11.1. The van der Waals surface area contributed by atoms with E-state index in [1.54, 1.807) is 19.2 Å². The molecule has 0 saturated heterocycles. The molecule has 1 amide bonds. The third-order valence-electron chi connectivity index (χ3n) is 2.27. The van der Waals surface area contributed by atoms with Crippen LogP contribution >= 0.6 is 15.9 Å². The van der Waals surface area contributed by atoms with Gasteiger partial charge in [-0.3, -0.25) is 4.79 Å². The first-order chi connectivity index (χ1) is 8.78. The Balaban J connectivity index is 3.11. The van der Waals surface area contributed by atoms with E-state index < -0.39 is 0 Å². The van der Waals surface area contributed by atoms with Gasteiger partial charge in [0.25, 0.3) is 5.91 Å². The lowest BCUT2D eigenvalue weighted by molar-refractivity contribution is 0.0919. The van der Waals surface area contributed by atoms with Crippen molar-refractivity contribution in [3.63, 3.8) is 0 Å². The molecular formula is C14H20BrNO3. The predicted octanol–water partition coefficient (Wildman–Crippen LogP) is 3.38. The maximum absolute atomic E-state index is 12.1. The summed E-state index contributed by atoms with van der Waals surface area (Å²) in [5.41, 5.74) is 0.247. The predicted molar refractivity (Wildman–Crippen MR) is 79.1 cm³/mol. The summed E-state index contributed by atoms with van der Waals surface area (Å²) >= 11 is 3.40. The average molecular weight is 330 g/mol. The second-order valence-corrected chi connectivity index (χ2v) is 5.98. The van der Waals surface area contributed by atoms with E-state index in [-0.39, 0.29) is 11.4 Å². The molecule has 0 atom stereocenters. The third kappa shape index (κ3) is 4.42. The van der Waals surface area contributed by atoms with E-state index in [0.717, 1.165) is 0 Å². The second kappa shape index (κ2) is 6.28. The van der Waals surface area contributed by atoms with Gasteiger partial charge in [0.2, 0.25) is 0 Å². The number of rotatable bonds is 4. The van der Waals surface area contributed by atoms with Gasteiger partial charge in [-0.15, -0.1) is 0 Å². The second-order valence-electron chi connectivity index (χ2n) is 5.13. The third-order valence-corrected chi connectivity index (χ3v) is 2.86. The maximum Gasteiger partial charge on any atom is 0.251 e. The highest BCUT2D eigenvalue weighted by Crippen LogP contribution is 2.36. The van der Waals surface area contributed by atoms with E-state index >= 15 is 0 Å². The Bertz CT molecular complexity index is 466. The molecule has 0 heterocycles. The Hall–Kier alpha value is -1.23. The summed E-state index contributed by atoms with van der Waals surface area (Å²) in [5, 5.41) is 2.91. The van der Waals surface area contributed by atoms with Gasteiger partial charge in [0.15, 0.2) is 11.5 Å². The molecule has 5 heteroatoms. The van der Waals surface area contributed by atoms with E-state index in [4.69, 9.17) is 9.47 Å². The van der Waals surface area contributed by atoms with Crippen LogP contribution in [0.4, 0.5) is 0 Å². The highest BCUT2D eigenvalue weighted by atomic mass is 79.9. The molecule has 19 heavy (non-hydrogen) atoms. The molecule has 106 valence electrons. The van der Waals surface area contributed by atoms with E-state index in [0.29, 0.717) is 28.1 Å². The van der Waals surface area contributed by atoms with E-state index in [1.165, 1.54) is 0 Å². The average Bonchev–Trinajstić information content (AvgIpc) is 2.29. The summed E-state index contributed by atoms with van der Waals surface area (Å²) in [4.78, 5) is 12.1. The van der Waals surface area contributed by atoms with Gasteiger partial charge < -0.3 is 14.8 Å². The van der Waals surface area contributed by atoms with Crippen LogP contribution in [-0.4, -0.2) is 25.2 Å². The fraction of sp³-hybridized carbons (Fsp3) is 0.500. The summed E-state index contributed by atoms with van der Waals surface area (Å²) in [6.07, 6.45) is 0. The van der Waals surface area contributed by atoms with Crippen LogP contribution in [0.3, 0.4) is 0 Å². The molecule has 0 radical (unpaired) electrons. The van der Waals surface area contributed by atoms with Gasteiger partial charge >= 0.3 is 0 Å². The minimum Gasteiger partial charge on any atom is -0.493 e. The highest BCUT2D eigenvalue weighted by Gasteiger charge is 2.19. The van der Waals surface area contributed by atoms with Crippen LogP contribution in [0, 0.1) is 0 Å². The molecule has 0 fully saturated rings. The van der Waals surface area contributed by atoms with Crippen molar-refractivity contribution in [1.82, 2.24) is 5.32 Å². The number of benzene rings is 1. The Kier molecular flexibility index (Phi) is 5.23. The number of hydrogen-bond donors (Lipinski definition) is 1. The molecule has 0 bridgehead atoms. The van der Waals surface area contributed by atoms with Gasteiger partial charge in [0.1, 0.15) is 0 Å². The molecular weight excluding hydrogens is 310 g/mol. The van der Waals surface area contributed by atoms with Gasteiger partial charge in [-0.2, -0.15) is 0 Å². The van der Waals surface area contributed by atoms with Crippen molar-refractivity contribution >= 4 is 21.8 Å². The smallest absolute Gasteiger partial charge is 0.251 e. The summed E-state index contributed by atoms with van der Waals surface area (Å²) in [7, 11) is 1.55. The molecule has 4 nitrogen and oxygen atoms in total. The maximum atomic E-state index is 12.1. The van der Waals surface area contributed by atoms with Crippen LogP contribution in [0.15, 0.2) is 16.6 Å². The molecule has 0 unspecified atom stereocenters. The van der Waals surface area contributed by atoms with Gasteiger partial charge in [-0.1, -0.05) is 0 Å². The standard InChI is InChI=1S/C14H20BrNO3/c1-6-19-12-10(15)7-9(8-11(12)18-5)13(17)16-14(2,3)4/h7-8H,6H2,1-5H3,(H,16,17). The Labute approximate surface area is 122 Å². The molecule has 0 aromatic heterocycles. The van der Waals surface area contributed by atoms with Crippen molar-refractivity contribution in [2.45, 2.75) is 33.2 Å².